The average molecular weight is 519 g/mol. The lowest BCUT2D eigenvalue weighted by Gasteiger charge is -2.25. The van der Waals surface area contributed by atoms with Gasteiger partial charge in [-0.2, -0.15) is 18.3 Å². The number of aromatic nitrogens is 2. The summed E-state index contributed by atoms with van der Waals surface area (Å²) in [7, 11) is 0. The van der Waals surface area contributed by atoms with Gasteiger partial charge < -0.3 is 9.84 Å². The third kappa shape index (κ3) is 7.92. The van der Waals surface area contributed by atoms with E-state index in [0.29, 0.717) is 29.0 Å². The van der Waals surface area contributed by atoms with Gasteiger partial charge in [-0.15, -0.1) is 0 Å². The summed E-state index contributed by atoms with van der Waals surface area (Å²) in [6, 6.07) is 12.0. The standard InChI is InChI=1S/C27H31F3N2O3.C2H6/c1-17(2)32-22(15-23(31-32)19-6-9-21(10-7-19)27(28,29)30)11-12-24(34)20-8-13-25(18(3)14-20)35-26(4,5)16-33;1-2/h6-10,13-15,17,33H,11-12,16H2,1-5H3;1-2H3. The van der Waals surface area contributed by atoms with E-state index < -0.39 is 17.3 Å². The largest absolute Gasteiger partial charge is 0.485 e. The molecule has 1 N–H and O–H groups in total. The van der Waals surface area contributed by atoms with E-state index in [9.17, 15) is 23.1 Å². The number of rotatable bonds is 9. The number of ether oxygens (including phenoxy) is 1. The molecule has 5 nitrogen and oxygen atoms in total. The number of alkyl halides is 3. The molecule has 202 valence electrons. The number of ketones is 1. The second-order valence-corrected chi connectivity index (χ2v) is 9.56. The van der Waals surface area contributed by atoms with Crippen molar-refractivity contribution in [1.29, 1.82) is 0 Å². The second kappa shape index (κ2) is 12.4. The third-order valence-corrected chi connectivity index (χ3v) is 5.68. The Morgan fingerprint density at radius 1 is 1.05 bits per heavy atom. The van der Waals surface area contributed by atoms with Crippen LogP contribution in [0.5, 0.6) is 5.75 Å². The first kappa shape index (κ1) is 30.1. The zero-order chi connectivity index (χ0) is 28.0. The summed E-state index contributed by atoms with van der Waals surface area (Å²) in [4.78, 5) is 12.9. The van der Waals surface area contributed by atoms with Crippen LogP contribution < -0.4 is 4.74 Å². The van der Waals surface area contributed by atoms with Gasteiger partial charge in [0.2, 0.25) is 0 Å². The van der Waals surface area contributed by atoms with E-state index in [0.717, 1.165) is 23.4 Å². The van der Waals surface area contributed by atoms with Gasteiger partial charge in [0.25, 0.3) is 0 Å². The molecule has 0 aliphatic carbocycles. The fourth-order valence-corrected chi connectivity index (χ4v) is 3.69. The minimum Gasteiger partial charge on any atom is -0.485 e. The van der Waals surface area contributed by atoms with E-state index in [4.69, 9.17) is 4.74 Å². The predicted molar refractivity (Wildman–Crippen MR) is 140 cm³/mol. The van der Waals surface area contributed by atoms with E-state index in [-0.39, 0.29) is 24.9 Å². The molecular formula is C29H37F3N2O3. The Morgan fingerprint density at radius 3 is 2.19 bits per heavy atom. The van der Waals surface area contributed by atoms with Crippen molar-refractivity contribution in [2.24, 2.45) is 0 Å². The number of carbonyl (C=O) groups excluding carboxylic acids is 1. The van der Waals surface area contributed by atoms with Crippen LogP contribution in [0.3, 0.4) is 0 Å². The average Bonchev–Trinajstić information content (AvgIpc) is 3.29. The van der Waals surface area contributed by atoms with Crippen molar-refractivity contribution in [2.75, 3.05) is 6.61 Å². The highest BCUT2D eigenvalue weighted by Gasteiger charge is 2.30. The molecule has 0 radical (unpaired) electrons. The van der Waals surface area contributed by atoms with Crippen LogP contribution in [0.1, 0.15) is 81.2 Å². The van der Waals surface area contributed by atoms with E-state index in [1.165, 1.54) is 12.1 Å². The molecule has 3 aromatic rings. The quantitative estimate of drug-likeness (QED) is 0.299. The van der Waals surface area contributed by atoms with Crippen LogP contribution in [0.2, 0.25) is 0 Å². The zero-order valence-electron chi connectivity index (χ0n) is 22.6. The fraction of sp³-hybridized carbons (Fsp3) is 0.448. The van der Waals surface area contributed by atoms with Crippen LogP contribution in [0.4, 0.5) is 13.2 Å². The molecule has 0 saturated carbocycles. The SMILES string of the molecule is CC.Cc1cc(C(=O)CCc2cc(-c3ccc(C(F)(F)F)cc3)nn2C(C)C)ccc1OC(C)(C)CO. The van der Waals surface area contributed by atoms with Crippen LogP contribution in [-0.2, 0) is 12.6 Å². The molecule has 0 bridgehead atoms. The molecule has 0 amide bonds. The van der Waals surface area contributed by atoms with Crippen LogP contribution in [0.25, 0.3) is 11.3 Å². The van der Waals surface area contributed by atoms with Crippen LogP contribution in [-0.4, -0.2) is 32.9 Å². The van der Waals surface area contributed by atoms with E-state index in [1.807, 2.05) is 40.7 Å². The Bertz CT molecular complexity index is 1180. The summed E-state index contributed by atoms with van der Waals surface area (Å²) in [5.74, 6) is 0.577. The highest BCUT2D eigenvalue weighted by atomic mass is 19.4. The first-order valence-corrected chi connectivity index (χ1v) is 12.5. The van der Waals surface area contributed by atoms with E-state index >= 15 is 0 Å². The maximum Gasteiger partial charge on any atom is 0.416 e. The van der Waals surface area contributed by atoms with Gasteiger partial charge in [-0.3, -0.25) is 9.48 Å². The third-order valence-electron chi connectivity index (χ3n) is 5.68. The Labute approximate surface area is 217 Å². The molecule has 0 atom stereocenters. The minimum absolute atomic E-state index is 0.0249. The van der Waals surface area contributed by atoms with E-state index in [2.05, 4.69) is 5.10 Å². The van der Waals surface area contributed by atoms with Gasteiger partial charge in [0.15, 0.2) is 5.78 Å². The Hall–Kier alpha value is -3.13. The predicted octanol–water partition coefficient (Wildman–Crippen LogP) is 7.45. The number of aliphatic hydroxyl groups excluding tert-OH is 1. The van der Waals surface area contributed by atoms with Gasteiger partial charge in [-0.05, 0) is 83.0 Å². The molecular weight excluding hydrogens is 481 g/mol. The summed E-state index contributed by atoms with van der Waals surface area (Å²) < 4.78 is 46.3. The lowest BCUT2D eigenvalue weighted by molar-refractivity contribution is -0.137. The van der Waals surface area contributed by atoms with Gasteiger partial charge >= 0.3 is 6.18 Å². The van der Waals surface area contributed by atoms with Crippen LogP contribution in [0.15, 0.2) is 48.5 Å². The molecule has 0 saturated heterocycles. The molecule has 0 fully saturated rings. The number of hydrogen-bond donors (Lipinski definition) is 1. The number of aryl methyl sites for hydroxylation is 2. The first-order chi connectivity index (χ1) is 17.3. The normalized spacial score (nSPS) is 11.8. The first-order valence-electron chi connectivity index (χ1n) is 12.5. The lowest BCUT2D eigenvalue weighted by atomic mass is 10.0. The van der Waals surface area contributed by atoms with Crippen molar-refractivity contribution in [2.45, 2.75) is 79.1 Å². The molecule has 0 spiro atoms. The number of hydrogen-bond acceptors (Lipinski definition) is 4. The number of halogens is 3. The maximum absolute atomic E-state index is 12.9. The second-order valence-electron chi connectivity index (χ2n) is 9.56. The monoisotopic (exact) mass is 518 g/mol. The van der Waals surface area contributed by atoms with Gasteiger partial charge in [-0.1, -0.05) is 26.0 Å². The Kier molecular flexibility index (Phi) is 10.1. The lowest BCUT2D eigenvalue weighted by Crippen LogP contribution is -2.32. The van der Waals surface area contributed by atoms with Crippen molar-refractivity contribution in [3.8, 4) is 17.0 Å². The fourth-order valence-electron chi connectivity index (χ4n) is 3.69. The molecule has 1 aromatic heterocycles. The molecule has 37 heavy (non-hydrogen) atoms. The smallest absolute Gasteiger partial charge is 0.416 e. The van der Waals surface area contributed by atoms with Gasteiger partial charge in [0.05, 0.1) is 17.9 Å². The summed E-state index contributed by atoms with van der Waals surface area (Å²) in [5, 5.41) is 14.0. The van der Waals surface area contributed by atoms with Gasteiger partial charge in [0, 0.05) is 29.3 Å². The zero-order valence-corrected chi connectivity index (χ0v) is 22.6. The van der Waals surface area contributed by atoms with Gasteiger partial charge in [0.1, 0.15) is 11.4 Å². The summed E-state index contributed by atoms with van der Waals surface area (Å²) >= 11 is 0. The molecule has 0 aliphatic rings. The number of carbonyl (C=O) groups is 1. The summed E-state index contributed by atoms with van der Waals surface area (Å²) in [6.45, 7) is 13.2. The van der Waals surface area contributed by atoms with Crippen molar-refractivity contribution in [3.63, 3.8) is 0 Å². The molecule has 1 heterocycles. The maximum atomic E-state index is 12.9. The highest BCUT2D eigenvalue weighted by Crippen LogP contribution is 2.31. The minimum atomic E-state index is -4.39. The van der Waals surface area contributed by atoms with E-state index in [1.54, 1.807) is 36.7 Å². The summed E-state index contributed by atoms with van der Waals surface area (Å²) in [5.41, 5.74) is 1.92. The van der Waals surface area contributed by atoms with Crippen molar-refractivity contribution < 1.29 is 27.8 Å². The topological polar surface area (TPSA) is 64.4 Å². The highest BCUT2D eigenvalue weighted by molar-refractivity contribution is 5.96. The molecule has 3 rings (SSSR count). The molecule has 2 aromatic carbocycles. The Balaban J connectivity index is 0.00000235. The summed E-state index contributed by atoms with van der Waals surface area (Å²) in [6.07, 6.45) is -3.69. The number of aliphatic hydroxyl groups is 1. The molecule has 0 aliphatic heterocycles. The van der Waals surface area contributed by atoms with Gasteiger partial charge in [-0.25, -0.2) is 0 Å². The van der Waals surface area contributed by atoms with Crippen molar-refractivity contribution >= 4 is 5.78 Å². The van der Waals surface area contributed by atoms with Crippen LogP contribution in [0, 0.1) is 6.92 Å². The van der Waals surface area contributed by atoms with Crippen molar-refractivity contribution in [1.82, 2.24) is 9.78 Å². The van der Waals surface area contributed by atoms with Crippen LogP contribution >= 0.6 is 0 Å². The number of nitrogens with zero attached hydrogens (tertiary/aromatic N) is 2. The number of benzene rings is 2. The molecule has 0 unspecified atom stereocenters. The van der Waals surface area contributed by atoms with Crippen molar-refractivity contribution in [3.05, 3.63) is 70.9 Å². The molecule has 8 heteroatoms. The Morgan fingerprint density at radius 2 is 1.68 bits per heavy atom. The number of Topliss-reactive ketones (excluding diaryl/α,β-unsaturated/α-hetero) is 1.